The Morgan fingerprint density at radius 1 is 0.909 bits per heavy atom. The van der Waals surface area contributed by atoms with Crippen LogP contribution in [0.3, 0.4) is 0 Å². The van der Waals surface area contributed by atoms with Crippen molar-refractivity contribution >= 4 is 0 Å². The summed E-state index contributed by atoms with van der Waals surface area (Å²) < 4.78 is 2.88. The van der Waals surface area contributed by atoms with E-state index in [0.29, 0.717) is 12.1 Å². The molecule has 0 saturated carbocycles. The summed E-state index contributed by atoms with van der Waals surface area (Å²) in [5.41, 5.74) is 0.981. The predicted molar refractivity (Wildman–Crippen MR) is 85.5 cm³/mol. The summed E-state index contributed by atoms with van der Waals surface area (Å²) in [6, 6.07) is 18.9. The average molecular weight is 295 g/mol. The van der Waals surface area contributed by atoms with Crippen molar-refractivity contribution in [2.45, 2.75) is 19.4 Å². The Morgan fingerprint density at radius 3 is 2.14 bits per heavy atom. The van der Waals surface area contributed by atoms with E-state index < -0.39 is 11.4 Å². The van der Waals surface area contributed by atoms with Gasteiger partial charge in [-0.25, -0.2) is 14.3 Å². The lowest BCUT2D eigenvalue weighted by Crippen LogP contribution is -2.29. The zero-order valence-corrected chi connectivity index (χ0v) is 12.3. The molecule has 22 heavy (non-hydrogen) atoms. The highest BCUT2D eigenvalue weighted by molar-refractivity contribution is 5.29. The summed E-state index contributed by atoms with van der Waals surface area (Å²) in [7, 11) is 0. The van der Waals surface area contributed by atoms with Gasteiger partial charge in [0.05, 0.1) is 11.7 Å². The molecule has 3 aromatic rings. The number of nitrogens with one attached hydrogen (secondary N) is 1. The Labute approximate surface area is 127 Å². The highest BCUT2D eigenvalue weighted by atomic mass is 16.2. The third kappa shape index (κ3) is 2.65. The number of aromatic nitrogens is 3. The van der Waals surface area contributed by atoms with Gasteiger partial charge in [-0.1, -0.05) is 48.5 Å². The first-order chi connectivity index (χ1) is 10.7. The van der Waals surface area contributed by atoms with Gasteiger partial charge >= 0.3 is 11.4 Å². The quantitative estimate of drug-likeness (QED) is 0.801. The molecule has 112 valence electrons. The number of rotatable bonds is 4. The van der Waals surface area contributed by atoms with Gasteiger partial charge in [-0.3, -0.25) is 4.98 Å². The van der Waals surface area contributed by atoms with Crippen LogP contribution in [0.5, 0.6) is 0 Å². The number of hydrogen-bond donors (Lipinski definition) is 1. The second-order valence-electron chi connectivity index (χ2n) is 5.27. The van der Waals surface area contributed by atoms with Crippen LogP contribution >= 0.6 is 0 Å². The maximum Gasteiger partial charge on any atom is 0.349 e. The Balaban J connectivity index is 2.04. The van der Waals surface area contributed by atoms with E-state index in [1.807, 2.05) is 55.5 Å². The van der Waals surface area contributed by atoms with Crippen LogP contribution in [-0.2, 0) is 6.42 Å². The van der Waals surface area contributed by atoms with Crippen LogP contribution in [0.15, 0.2) is 70.3 Å². The standard InChI is InChI=1S/C17H17N3O2/c1-13(12-14-8-4-2-5-9-14)19-16(21)18-17(22)20(19)15-10-6-3-7-11-15/h2-11,13H,12H2,1H3,(H,18,21,22). The lowest BCUT2D eigenvalue weighted by Gasteiger charge is -2.16. The van der Waals surface area contributed by atoms with Crippen LogP contribution in [0.25, 0.3) is 5.69 Å². The van der Waals surface area contributed by atoms with E-state index in [9.17, 15) is 9.59 Å². The highest BCUT2D eigenvalue weighted by Crippen LogP contribution is 2.13. The smallest absolute Gasteiger partial charge is 0.256 e. The molecule has 0 radical (unpaired) electrons. The number of nitrogens with zero attached hydrogens (tertiary/aromatic N) is 2. The number of H-pyrrole nitrogens is 1. The SMILES string of the molecule is CC(Cc1ccccc1)n1c(=O)[nH]c(=O)n1-c1ccccc1. The molecule has 2 aromatic carbocycles. The monoisotopic (exact) mass is 295 g/mol. The molecular formula is C17H17N3O2. The number of aromatic amines is 1. The minimum absolute atomic E-state index is 0.144. The molecule has 3 rings (SSSR count). The van der Waals surface area contributed by atoms with Crippen molar-refractivity contribution in [2.24, 2.45) is 0 Å². The van der Waals surface area contributed by atoms with Crippen molar-refractivity contribution < 1.29 is 0 Å². The predicted octanol–water partition coefficient (Wildman–Crippen LogP) is 2.13. The van der Waals surface area contributed by atoms with Gasteiger partial charge in [0.1, 0.15) is 0 Å². The molecule has 1 N–H and O–H groups in total. The van der Waals surface area contributed by atoms with Gasteiger partial charge in [-0.05, 0) is 31.0 Å². The maximum atomic E-state index is 12.2. The Bertz CT molecular complexity index is 860. The summed E-state index contributed by atoms with van der Waals surface area (Å²) in [5, 5.41) is 0. The van der Waals surface area contributed by atoms with Crippen molar-refractivity contribution in [1.29, 1.82) is 0 Å². The van der Waals surface area contributed by atoms with Crippen LogP contribution in [0.1, 0.15) is 18.5 Å². The number of benzene rings is 2. The molecule has 1 aromatic heterocycles. The van der Waals surface area contributed by atoms with Crippen LogP contribution in [-0.4, -0.2) is 14.3 Å². The molecule has 5 heteroatoms. The van der Waals surface area contributed by atoms with E-state index in [-0.39, 0.29) is 6.04 Å². The highest BCUT2D eigenvalue weighted by Gasteiger charge is 2.16. The van der Waals surface area contributed by atoms with Gasteiger partial charge in [0.2, 0.25) is 0 Å². The molecule has 1 heterocycles. The normalized spacial score (nSPS) is 12.2. The van der Waals surface area contributed by atoms with E-state index >= 15 is 0 Å². The molecule has 0 amide bonds. The first kappa shape index (κ1) is 14.1. The number of hydrogen-bond acceptors (Lipinski definition) is 2. The maximum absolute atomic E-state index is 12.2. The van der Waals surface area contributed by atoms with E-state index in [4.69, 9.17) is 0 Å². The van der Waals surface area contributed by atoms with Gasteiger partial charge in [-0.15, -0.1) is 0 Å². The molecule has 0 aliphatic rings. The van der Waals surface area contributed by atoms with Crippen LogP contribution in [0, 0.1) is 0 Å². The summed E-state index contributed by atoms with van der Waals surface area (Å²) in [6.45, 7) is 1.93. The third-order valence-electron chi connectivity index (χ3n) is 3.62. The molecule has 1 atom stereocenters. The van der Waals surface area contributed by atoms with Gasteiger partial charge in [-0.2, -0.15) is 4.68 Å². The molecule has 0 spiro atoms. The van der Waals surface area contributed by atoms with Gasteiger partial charge in [0.15, 0.2) is 0 Å². The van der Waals surface area contributed by atoms with E-state index in [1.54, 1.807) is 12.1 Å². The Hall–Kier alpha value is -2.82. The zero-order chi connectivity index (χ0) is 15.5. The van der Waals surface area contributed by atoms with Crippen molar-refractivity contribution in [3.8, 4) is 5.69 Å². The summed E-state index contributed by atoms with van der Waals surface area (Å²) in [5.74, 6) is 0. The largest absolute Gasteiger partial charge is 0.349 e. The topological polar surface area (TPSA) is 59.8 Å². The minimum atomic E-state index is -0.420. The van der Waals surface area contributed by atoms with E-state index in [1.165, 1.54) is 9.36 Å². The molecule has 0 aliphatic heterocycles. The minimum Gasteiger partial charge on any atom is -0.256 e. The van der Waals surface area contributed by atoms with Crippen molar-refractivity contribution in [3.05, 3.63) is 87.2 Å². The third-order valence-corrected chi connectivity index (χ3v) is 3.62. The van der Waals surface area contributed by atoms with Crippen LogP contribution < -0.4 is 11.4 Å². The lowest BCUT2D eigenvalue weighted by molar-refractivity contribution is 0.431. The second-order valence-corrected chi connectivity index (χ2v) is 5.27. The van der Waals surface area contributed by atoms with Crippen LogP contribution in [0.4, 0.5) is 0 Å². The number of para-hydroxylation sites is 1. The molecule has 0 bridgehead atoms. The zero-order valence-electron chi connectivity index (χ0n) is 12.3. The van der Waals surface area contributed by atoms with Crippen molar-refractivity contribution in [1.82, 2.24) is 14.3 Å². The molecule has 0 aliphatic carbocycles. The summed E-state index contributed by atoms with van der Waals surface area (Å²) in [6.07, 6.45) is 0.672. The van der Waals surface area contributed by atoms with Gasteiger partial charge < -0.3 is 0 Å². The molecular weight excluding hydrogens is 278 g/mol. The van der Waals surface area contributed by atoms with E-state index in [2.05, 4.69) is 4.98 Å². The Morgan fingerprint density at radius 2 is 1.50 bits per heavy atom. The van der Waals surface area contributed by atoms with Gasteiger partial charge in [0, 0.05) is 0 Å². The van der Waals surface area contributed by atoms with E-state index in [0.717, 1.165) is 5.56 Å². The second kappa shape index (κ2) is 5.89. The van der Waals surface area contributed by atoms with Crippen molar-refractivity contribution in [2.75, 3.05) is 0 Å². The molecule has 5 nitrogen and oxygen atoms in total. The van der Waals surface area contributed by atoms with Crippen molar-refractivity contribution in [3.63, 3.8) is 0 Å². The fourth-order valence-corrected chi connectivity index (χ4v) is 2.64. The molecule has 0 saturated heterocycles. The Kier molecular flexibility index (Phi) is 3.78. The summed E-state index contributed by atoms with van der Waals surface area (Å²) in [4.78, 5) is 26.6. The molecule has 1 unspecified atom stereocenters. The lowest BCUT2D eigenvalue weighted by atomic mass is 10.1. The first-order valence-corrected chi connectivity index (χ1v) is 7.20. The summed E-state index contributed by atoms with van der Waals surface area (Å²) >= 11 is 0. The van der Waals surface area contributed by atoms with Crippen LogP contribution in [0.2, 0.25) is 0 Å². The first-order valence-electron chi connectivity index (χ1n) is 7.20. The fraction of sp³-hybridized carbons (Fsp3) is 0.176. The fourth-order valence-electron chi connectivity index (χ4n) is 2.64. The van der Waals surface area contributed by atoms with Gasteiger partial charge in [0.25, 0.3) is 0 Å². The average Bonchev–Trinajstić information content (AvgIpc) is 2.83. The molecule has 0 fully saturated rings.